The SMILES string of the molecule is COc1ccc(Cl)cc1-c1cc(NC(=O)CCCN2[C@H](C)CCC[C@@H]2C)n[nH]1. The molecule has 2 atom stereocenters. The van der Waals surface area contributed by atoms with Crippen molar-refractivity contribution in [3.05, 3.63) is 29.3 Å². The number of H-pyrrole nitrogens is 1. The molecule has 2 heterocycles. The second-order valence-electron chi connectivity index (χ2n) is 7.53. The van der Waals surface area contributed by atoms with Crippen LogP contribution >= 0.6 is 11.6 Å². The molecule has 152 valence electrons. The van der Waals surface area contributed by atoms with Gasteiger partial charge in [0.05, 0.1) is 12.8 Å². The van der Waals surface area contributed by atoms with Crippen LogP contribution < -0.4 is 10.1 Å². The molecule has 7 heteroatoms. The fourth-order valence-corrected chi connectivity index (χ4v) is 4.13. The van der Waals surface area contributed by atoms with Crippen LogP contribution in [-0.4, -0.2) is 46.7 Å². The van der Waals surface area contributed by atoms with Crippen molar-refractivity contribution in [3.63, 3.8) is 0 Å². The van der Waals surface area contributed by atoms with Gasteiger partial charge in [-0.25, -0.2) is 0 Å². The largest absolute Gasteiger partial charge is 0.496 e. The van der Waals surface area contributed by atoms with Crippen LogP contribution in [0.1, 0.15) is 46.0 Å². The molecule has 1 aromatic heterocycles. The average molecular weight is 405 g/mol. The summed E-state index contributed by atoms with van der Waals surface area (Å²) in [7, 11) is 1.61. The van der Waals surface area contributed by atoms with Crippen molar-refractivity contribution in [2.45, 2.75) is 58.0 Å². The van der Waals surface area contributed by atoms with E-state index in [1.807, 2.05) is 0 Å². The summed E-state index contributed by atoms with van der Waals surface area (Å²) in [5, 5.41) is 10.6. The summed E-state index contributed by atoms with van der Waals surface area (Å²) in [4.78, 5) is 14.8. The van der Waals surface area contributed by atoms with Crippen molar-refractivity contribution in [1.29, 1.82) is 0 Å². The highest BCUT2D eigenvalue weighted by Gasteiger charge is 2.24. The number of benzene rings is 1. The van der Waals surface area contributed by atoms with Crippen LogP contribution in [0.3, 0.4) is 0 Å². The molecule has 1 aromatic carbocycles. The zero-order valence-corrected chi connectivity index (χ0v) is 17.6. The molecule has 1 saturated heterocycles. The lowest BCUT2D eigenvalue weighted by atomic mass is 9.97. The van der Waals surface area contributed by atoms with E-state index < -0.39 is 0 Å². The number of nitrogens with one attached hydrogen (secondary N) is 2. The zero-order valence-electron chi connectivity index (χ0n) is 16.8. The minimum Gasteiger partial charge on any atom is -0.496 e. The lowest BCUT2D eigenvalue weighted by Gasteiger charge is -2.39. The second-order valence-corrected chi connectivity index (χ2v) is 7.97. The van der Waals surface area contributed by atoms with Crippen molar-refractivity contribution >= 4 is 23.3 Å². The highest BCUT2D eigenvalue weighted by molar-refractivity contribution is 6.31. The van der Waals surface area contributed by atoms with Crippen molar-refractivity contribution < 1.29 is 9.53 Å². The van der Waals surface area contributed by atoms with E-state index in [1.54, 1.807) is 31.4 Å². The van der Waals surface area contributed by atoms with E-state index in [0.29, 0.717) is 35.1 Å². The molecule has 1 amide bonds. The number of carbonyl (C=O) groups excluding carboxylic acids is 1. The van der Waals surface area contributed by atoms with E-state index in [4.69, 9.17) is 16.3 Å². The van der Waals surface area contributed by atoms with E-state index in [-0.39, 0.29) is 5.91 Å². The maximum absolute atomic E-state index is 12.3. The molecule has 0 saturated carbocycles. The number of methoxy groups -OCH3 is 1. The fourth-order valence-electron chi connectivity index (χ4n) is 3.96. The third kappa shape index (κ3) is 5.06. The minimum absolute atomic E-state index is 0.0200. The Morgan fingerprint density at radius 2 is 2.07 bits per heavy atom. The molecule has 1 aliphatic heterocycles. The molecule has 6 nitrogen and oxygen atoms in total. The molecule has 1 aliphatic rings. The molecule has 0 aliphatic carbocycles. The summed E-state index contributed by atoms with van der Waals surface area (Å²) in [6, 6.07) is 8.38. The molecule has 0 bridgehead atoms. The van der Waals surface area contributed by atoms with Gasteiger partial charge in [-0.2, -0.15) is 5.10 Å². The summed E-state index contributed by atoms with van der Waals surface area (Å²) in [6.45, 7) is 5.53. The number of aromatic amines is 1. The molecule has 2 N–H and O–H groups in total. The number of aromatic nitrogens is 2. The quantitative estimate of drug-likeness (QED) is 0.700. The van der Waals surface area contributed by atoms with E-state index in [9.17, 15) is 4.79 Å². The van der Waals surface area contributed by atoms with Crippen LogP contribution in [0.15, 0.2) is 24.3 Å². The van der Waals surface area contributed by atoms with E-state index in [1.165, 1.54) is 19.3 Å². The Bertz CT molecular complexity index is 797. The number of hydrogen-bond acceptors (Lipinski definition) is 4. The average Bonchev–Trinajstić information content (AvgIpc) is 3.12. The van der Waals surface area contributed by atoms with Gasteiger partial charge >= 0.3 is 0 Å². The summed E-state index contributed by atoms with van der Waals surface area (Å²) in [5.41, 5.74) is 1.54. The first-order valence-corrected chi connectivity index (χ1v) is 10.3. The molecule has 0 radical (unpaired) electrons. The van der Waals surface area contributed by atoms with Crippen LogP contribution in [0.2, 0.25) is 5.02 Å². The Labute approximate surface area is 171 Å². The van der Waals surface area contributed by atoms with Crippen LogP contribution in [0, 0.1) is 0 Å². The maximum atomic E-state index is 12.3. The predicted molar refractivity (Wildman–Crippen MR) is 113 cm³/mol. The summed E-state index contributed by atoms with van der Waals surface area (Å²) in [5.74, 6) is 1.17. The van der Waals surface area contributed by atoms with Crippen LogP contribution in [0.25, 0.3) is 11.3 Å². The number of piperidine rings is 1. The van der Waals surface area contributed by atoms with Gasteiger partial charge in [-0.1, -0.05) is 18.0 Å². The van der Waals surface area contributed by atoms with E-state index in [0.717, 1.165) is 24.2 Å². The number of ether oxygens (including phenoxy) is 1. The van der Waals surface area contributed by atoms with Crippen molar-refractivity contribution in [2.24, 2.45) is 0 Å². The van der Waals surface area contributed by atoms with Crippen LogP contribution in [0.5, 0.6) is 5.75 Å². The first kappa shape index (κ1) is 20.7. The lowest BCUT2D eigenvalue weighted by Crippen LogP contribution is -2.44. The van der Waals surface area contributed by atoms with Gasteiger partial charge in [0.1, 0.15) is 5.75 Å². The Morgan fingerprint density at radius 1 is 1.32 bits per heavy atom. The fraction of sp³-hybridized carbons (Fsp3) is 0.524. The minimum atomic E-state index is -0.0200. The lowest BCUT2D eigenvalue weighted by molar-refractivity contribution is -0.116. The maximum Gasteiger partial charge on any atom is 0.225 e. The van der Waals surface area contributed by atoms with E-state index in [2.05, 4.69) is 34.3 Å². The van der Waals surface area contributed by atoms with E-state index >= 15 is 0 Å². The smallest absolute Gasteiger partial charge is 0.225 e. The number of carbonyl (C=O) groups is 1. The molecule has 28 heavy (non-hydrogen) atoms. The van der Waals surface area contributed by atoms with Crippen molar-refractivity contribution in [3.8, 4) is 17.0 Å². The van der Waals surface area contributed by atoms with Gasteiger partial charge in [-0.3, -0.25) is 14.8 Å². The van der Waals surface area contributed by atoms with Gasteiger partial charge in [0.25, 0.3) is 0 Å². The number of halogens is 1. The molecular weight excluding hydrogens is 376 g/mol. The van der Waals surface area contributed by atoms with Crippen LogP contribution in [0.4, 0.5) is 5.82 Å². The Morgan fingerprint density at radius 3 is 2.79 bits per heavy atom. The molecule has 3 rings (SSSR count). The predicted octanol–water partition coefficient (Wildman–Crippen LogP) is 4.72. The second kappa shape index (κ2) is 9.43. The number of likely N-dealkylation sites (tertiary alicyclic amines) is 1. The standard InChI is InChI=1S/C21H29ClN4O2/c1-14-6-4-7-15(2)26(14)11-5-8-21(27)23-20-13-18(24-25-20)17-12-16(22)9-10-19(17)28-3/h9-10,12-15H,4-8,11H2,1-3H3,(H2,23,24,25,27)/t14-,15+. The number of hydrogen-bond donors (Lipinski definition) is 2. The van der Waals surface area contributed by atoms with Crippen molar-refractivity contribution in [2.75, 3.05) is 19.0 Å². The summed E-state index contributed by atoms with van der Waals surface area (Å²) in [6.07, 6.45) is 5.13. The molecular formula is C21H29ClN4O2. The zero-order chi connectivity index (χ0) is 20.1. The number of amides is 1. The van der Waals surface area contributed by atoms with Crippen molar-refractivity contribution in [1.82, 2.24) is 15.1 Å². The van der Waals surface area contributed by atoms with Gasteiger partial charge in [0.2, 0.25) is 5.91 Å². The first-order valence-electron chi connectivity index (χ1n) is 9.93. The number of anilines is 1. The topological polar surface area (TPSA) is 70.2 Å². The van der Waals surface area contributed by atoms with Gasteiger partial charge in [0, 0.05) is 35.2 Å². The van der Waals surface area contributed by atoms with Gasteiger partial charge in [-0.05, 0) is 57.9 Å². The monoisotopic (exact) mass is 404 g/mol. The number of rotatable bonds is 7. The summed E-state index contributed by atoms with van der Waals surface area (Å²) >= 11 is 6.09. The third-order valence-electron chi connectivity index (χ3n) is 5.49. The third-order valence-corrected chi connectivity index (χ3v) is 5.73. The summed E-state index contributed by atoms with van der Waals surface area (Å²) < 4.78 is 5.37. The van der Waals surface area contributed by atoms with Gasteiger partial charge in [-0.15, -0.1) is 0 Å². The Balaban J connectivity index is 1.54. The Hall–Kier alpha value is -2.05. The van der Waals surface area contributed by atoms with Gasteiger partial charge in [0.15, 0.2) is 5.82 Å². The van der Waals surface area contributed by atoms with Gasteiger partial charge < -0.3 is 10.1 Å². The highest BCUT2D eigenvalue weighted by Crippen LogP contribution is 2.32. The molecule has 0 spiro atoms. The molecule has 2 aromatic rings. The number of nitrogens with zero attached hydrogens (tertiary/aromatic N) is 2. The first-order chi connectivity index (χ1) is 13.5. The normalized spacial score (nSPS) is 20.1. The molecule has 0 unspecified atom stereocenters. The highest BCUT2D eigenvalue weighted by atomic mass is 35.5. The Kier molecular flexibility index (Phi) is 6.97. The van der Waals surface area contributed by atoms with Crippen LogP contribution in [-0.2, 0) is 4.79 Å². The molecule has 1 fully saturated rings.